The average Bonchev–Trinajstić information content (AvgIpc) is 2.48. The molecular formula is C16H14N2O3. The number of anilines is 1. The molecule has 0 bridgehead atoms. The molecule has 0 radical (unpaired) electrons. The zero-order valence-electron chi connectivity index (χ0n) is 11.4. The van der Waals surface area contributed by atoms with Crippen LogP contribution < -0.4 is 5.32 Å². The van der Waals surface area contributed by atoms with Crippen molar-refractivity contribution < 1.29 is 15.0 Å². The maximum Gasteiger partial charge on any atom is 0.257 e. The summed E-state index contributed by atoms with van der Waals surface area (Å²) in [5.74, 6) is 5.33. The Kier molecular flexibility index (Phi) is 4.54. The van der Waals surface area contributed by atoms with Gasteiger partial charge in [-0.05, 0) is 31.2 Å². The zero-order chi connectivity index (χ0) is 15.2. The van der Waals surface area contributed by atoms with E-state index in [0.29, 0.717) is 22.5 Å². The number of aliphatic hydroxyl groups is 1. The number of hydrogen-bond donors (Lipinski definition) is 3. The van der Waals surface area contributed by atoms with Crippen molar-refractivity contribution in [3.63, 3.8) is 0 Å². The Morgan fingerprint density at radius 3 is 2.95 bits per heavy atom. The van der Waals surface area contributed by atoms with Crippen LogP contribution in [0.15, 0.2) is 36.5 Å². The molecule has 1 amide bonds. The standard InChI is InChI=1S/C16H14N2O3/c1-11-13(5-2-6-14(11)20)16(21)18-15-10-12(4-3-9-19)7-8-17-15/h2,5-8,10,19-20H,9H2,1H3,(H,17,18,21). The fraction of sp³-hybridized carbons (Fsp3) is 0.125. The van der Waals surface area contributed by atoms with Crippen molar-refractivity contribution in [2.75, 3.05) is 11.9 Å². The monoisotopic (exact) mass is 282 g/mol. The molecule has 0 unspecified atom stereocenters. The van der Waals surface area contributed by atoms with E-state index in [9.17, 15) is 9.90 Å². The number of carbonyl (C=O) groups is 1. The van der Waals surface area contributed by atoms with Crippen LogP contribution in [0, 0.1) is 18.8 Å². The van der Waals surface area contributed by atoms with Crippen LogP contribution in [0.2, 0.25) is 0 Å². The first-order chi connectivity index (χ1) is 10.1. The highest BCUT2D eigenvalue weighted by Gasteiger charge is 2.12. The normalized spacial score (nSPS) is 9.62. The van der Waals surface area contributed by atoms with Crippen molar-refractivity contribution in [2.45, 2.75) is 6.92 Å². The molecule has 0 aliphatic carbocycles. The Bertz CT molecular complexity index is 730. The lowest BCUT2D eigenvalue weighted by Gasteiger charge is -2.08. The molecule has 0 aliphatic rings. The van der Waals surface area contributed by atoms with Crippen LogP contribution >= 0.6 is 0 Å². The van der Waals surface area contributed by atoms with E-state index in [-0.39, 0.29) is 18.3 Å². The molecule has 0 aliphatic heterocycles. The van der Waals surface area contributed by atoms with Gasteiger partial charge in [0.05, 0.1) is 0 Å². The molecular weight excluding hydrogens is 268 g/mol. The number of benzene rings is 1. The topological polar surface area (TPSA) is 82.5 Å². The quantitative estimate of drug-likeness (QED) is 0.732. The van der Waals surface area contributed by atoms with Gasteiger partial charge >= 0.3 is 0 Å². The van der Waals surface area contributed by atoms with Crippen LogP contribution in [0.4, 0.5) is 5.82 Å². The second-order valence-corrected chi connectivity index (χ2v) is 4.29. The molecule has 21 heavy (non-hydrogen) atoms. The van der Waals surface area contributed by atoms with E-state index in [1.165, 1.54) is 12.3 Å². The molecule has 1 heterocycles. The first-order valence-electron chi connectivity index (χ1n) is 6.27. The van der Waals surface area contributed by atoms with E-state index in [1.54, 1.807) is 31.2 Å². The number of pyridine rings is 1. The van der Waals surface area contributed by atoms with E-state index in [2.05, 4.69) is 22.1 Å². The Morgan fingerprint density at radius 2 is 2.19 bits per heavy atom. The van der Waals surface area contributed by atoms with Crippen molar-refractivity contribution in [1.82, 2.24) is 4.98 Å². The van der Waals surface area contributed by atoms with E-state index < -0.39 is 0 Å². The van der Waals surface area contributed by atoms with Gasteiger partial charge in [-0.15, -0.1) is 0 Å². The highest BCUT2D eigenvalue weighted by molar-refractivity contribution is 6.05. The number of phenols is 1. The number of carbonyl (C=O) groups excluding carboxylic acids is 1. The van der Waals surface area contributed by atoms with Crippen LogP contribution in [0.25, 0.3) is 0 Å². The first kappa shape index (κ1) is 14.6. The Labute approximate surface area is 122 Å². The Balaban J connectivity index is 2.22. The number of hydrogen-bond acceptors (Lipinski definition) is 4. The minimum atomic E-state index is -0.358. The van der Waals surface area contributed by atoms with Gasteiger partial charge in [-0.2, -0.15) is 0 Å². The van der Waals surface area contributed by atoms with Gasteiger partial charge < -0.3 is 15.5 Å². The van der Waals surface area contributed by atoms with Gasteiger partial charge in [-0.25, -0.2) is 4.98 Å². The Morgan fingerprint density at radius 1 is 1.38 bits per heavy atom. The average molecular weight is 282 g/mol. The van der Waals surface area contributed by atoms with E-state index in [0.717, 1.165) is 0 Å². The second-order valence-electron chi connectivity index (χ2n) is 4.29. The zero-order valence-corrected chi connectivity index (χ0v) is 11.4. The van der Waals surface area contributed by atoms with Gasteiger partial charge in [0.25, 0.3) is 5.91 Å². The molecule has 0 fully saturated rings. The van der Waals surface area contributed by atoms with Gasteiger partial charge in [0.15, 0.2) is 0 Å². The molecule has 0 saturated heterocycles. The first-order valence-corrected chi connectivity index (χ1v) is 6.27. The summed E-state index contributed by atoms with van der Waals surface area (Å²) in [6.07, 6.45) is 1.52. The van der Waals surface area contributed by atoms with Gasteiger partial charge in [-0.1, -0.05) is 17.9 Å². The Hall–Kier alpha value is -2.84. The number of amides is 1. The molecule has 0 saturated carbocycles. The molecule has 0 spiro atoms. The third kappa shape index (κ3) is 3.59. The van der Waals surface area contributed by atoms with E-state index in [1.807, 2.05) is 0 Å². The fourth-order valence-electron chi connectivity index (χ4n) is 1.77. The third-order valence-corrected chi connectivity index (χ3v) is 2.86. The summed E-state index contributed by atoms with van der Waals surface area (Å²) in [5.41, 5.74) is 1.52. The highest BCUT2D eigenvalue weighted by Crippen LogP contribution is 2.20. The second kappa shape index (κ2) is 6.55. The molecule has 0 atom stereocenters. The number of nitrogens with zero attached hydrogens (tertiary/aromatic N) is 1. The summed E-state index contributed by atoms with van der Waals surface area (Å²) in [6, 6.07) is 8.04. The fourth-order valence-corrected chi connectivity index (χ4v) is 1.77. The summed E-state index contributed by atoms with van der Waals surface area (Å²) < 4.78 is 0. The van der Waals surface area contributed by atoms with Crippen molar-refractivity contribution in [1.29, 1.82) is 0 Å². The van der Waals surface area contributed by atoms with Crippen LogP contribution in [-0.2, 0) is 0 Å². The lowest BCUT2D eigenvalue weighted by Crippen LogP contribution is -2.14. The van der Waals surface area contributed by atoms with Gasteiger partial charge in [0, 0.05) is 22.9 Å². The number of aromatic nitrogens is 1. The van der Waals surface area contributed by atoms with Gasteiger partial charge in [-0.3, -0.25) is 4.79 Å². The van der Waals surface area contributed by atoms with Crippen molar-refractivity contribution in [3.05, 3.63) is 53.2 Å². The molecule has 2 rings (SSSR count). The lowest BCUT2D eigenvalue weighted by molar-refractivity contribution is 0.102. The van der Waals surface area contributed by atoms with Crippen molar-refractivity contribution in [2.24, 2.45) is 0 Å². The van der Waals surface area contributed by atoms with Gasteiger partial charge in [0.1, 0.15) is 18.2 Å². The number of aliphatic hydroxyl groups excluding tert-OH is 1. The SMILES string of the molecule is Cc1c(O)cccc1C(=O)Nc1cc(C#CCO)ccn1. The maximum absolute atomic E-state index is 12.2. The lowest BCUT2D eigenvalue weighted by atomic mass is 10.1. The highest BCUT2D eigenvalue weighted by atomic mass is 16.3. The summed E-state index contributed by atoms with van der Waals surface area (Å²) in [7, 11) is 0. The van der Waals surface area contributed by atoms with Crippen LogP contribution in [-0.4, -0.2) is 27.7 Å². The predicted molar refractivity (Wildman–Crippen MR) is 79.0 cm³/mol. The number of rotatable bonds is 2. The molecule has 106 valence electrons. The minimum Gasteiger partial charge on any atom is -0.508 e. The smallest absolute Gasteiger partial charge is 0.257 e. The van der Waals surface area contributed by atoms with Crippen LogP contribution in [0.1, 0.15) is 21.5 Å². The molecule has 2 aromatic rings. The van der Waals surface area contributed by atoms with Crippen LogP contribution in [0.5, 0.6) is 5.75 Å². The van der Waals surface area contributed by atoms with E-state index >= 15 is 0 Å². The maximum atomic E-state index is 12.2. The summed E-state index contributed by atoms with van der Waals surface area (Å²) in [4.78, 5) is 16.2. The molecule has 1 aromatic carbocycles. The molecule has 5 heteroatoms. The molecule has 3 N–H and O–H groups in total. The van der Waals surface area contributed by atoms with E-state index in [4.69, 9.17) is 5.11 Å². The molecule has 5 nitrogen and oxygen atoms in total. The van der Waals surface area contributed by atoms with Crippen molar-refractivity contribution in [3.8, 4) is 17.6 Å². The predicted octanol–water partition coefficient (Wildman–Crippen LogP) is 1.69. The largest absolute Gasteiger partial charge is 0.508 e. The summed E-state index contributed by atoms with van der Waals surface area (Å²) >= 11 is 0. The third-order valence-electron chi connectivity index (χ3n) is 2.86. The number of nitrogens with one attached hydrogen (secondary N) is 1. The van der Waals surface area contributed by atoms with Crippen molar-refractivity contribution >= 4 is 11.7 Å². The minimum absolute atomic E-state index is 0.0678. The summed E-state index contributed by atoms with van der Waals surface area (Å²) in [6.45, 7) is 1.44. The van der Waals surface area contributed by atoms with Crippen LogP contribution in [0.3, 0.4) is 0 Å². The van der Waals surface area contributed by atoms with Gasteiger partial charge in [0.2, 0.25) is 0 Å². The molecule has 1 aromatic heterocycles. The number of aromatic hydroxyl groups is 1. The summed E-state index contributed by atoms with van der Waals surface area (Å²) in [5, 5.41) is 20.9. The number of phenolic OH excluding ortho intramolecular Hbond substituents is 1.